The molecular weight excluding hydrogens is 302 g/mol. The molecule has 1 saturated heterocycles. The van der Waals surface area contributed by atoms with Crippen LogP contribution in [0.15, 0.2) is 24.3 Å². The molecule has 0 aliphatic carbocycles. The first-order valence-corrected chi connectivity index (χ1v) is 8.65. The van der Waals surface area contributed by atoms with E-state index in [9.17, 15) is 0 Å². The van der Waals surface area contributed by atoms with Gasteiger partial charge >= 0.3 is 0 Å². The van der Waals surface area contributed by atoms with Crippen molar-refractivity contribution in [2.24, 2.45) is 0 Å². The van der Waals surface area contributed by atoms with E-state index in [1.54, 1.807) is 0 Å². The van der Waals surface area contributed by atoms with Gasteiger partial charge in [-0.1, -0.05) is 19.1 Å². The topological polar surface area (TPSA) is 55.5 Å². The van der Waals surface area contributed by atoms with Crippen LogP contribution in [0.2, 0.25) is 0 Å². The fourth-order valence-corrected chi connectivity index (χ4v) is 3.66. The van der Waals surface area contributed by atoms with Gasteiger partial charge in [0.2, 0.25) is 0 Å². The molecular formula is C18H23N5O. The van der Waals surface area contributed by atoms with Crippen molar-refractivity contribution in [3.63, 3.8) is 0 Å². The molecule has 1 fully saturated rings. The molecule has 0 radical (unpaired) electrons. The number of fused-ring (bicyclic) bond motifs is 3. The predicted octanol–water partition coefficient (Wildman–Crippen LogP) is 2.45. The molecule has 0 spiro atoms. The third kappa shape index (κ3) is 2.65. The highest BCUT2D eigenvalue weighted by Gasteiger charge is 2.24. The predicted molar refractivity (Wildman–Crippen MR) is 93.0 cm³/mol. The van der Waals surface area contributed by atoms with Gasteiger partial charge in [-0.3, -0.25) is 9.30 Å². The fourth-order valence-electron chi connectivity index (χ4n) is 3.66. The van der Waals surface area contributed by atoms with Crippen LogP contribution < -0.4 is 0 Å². The summed E-state index contributed by atoms with van der Waals surface area (Å²) in [5.74, 6) is 1.97. The van der Waals surface area contributed by atoms with E-state index in [-0.39, 0.29) is 12.2 Å². The lowest BCUT2D eigenvalue weighted by molar-refractivity contribution is -0.0711. The zero-order chi connectivity index (χ0) is 16.7. The van der Waals surface area contributed by atoms with E-state index in [1.807, 2.05) is 18.2 Å². The Morgan fingerprint density at radius 3 is 2.58 bits per heavy atom. The van der Waals surface area contributed by atoms with Crippen molar-refractivity contribution in [1.29, 1.82) is 0 Å². The van der Waals surface area contributed by atoms with Crippen LogP contribution in [0.3, 0.4) is 0 Å². The zero-order valence-corrected chi connectivity index (χ0v) is 14.4. The molecule has 24 heavy (non-hydrogen) atoms. The Bertz CT molecular complexity index is 864. The summed E-state index contributed by atoms with van der Waals surface area (Å²) >= 11 is 0. The Morgan fingerprint density at radius 1 is 1.08 bits per heavy atom. The van der Waals surface area contributed by atoms with Crippen LogP contribution in [0.25, 0.3) is 16.6 Å². The molecule has 0 amide bonds. The first-order valence-electron chi connectivity index (χ1n) is 8.65. The number of para-hydroxylation sites is 1. The summed E-state index contributed by atoms with van der Waals surface area (Å²) in [6.45, 7) is 8.98. The van der Waals surface area contributed by atoms with E-state index in [2.05, 4.69) is 46.3 Å². The van der Waals surface area contributed by atoms with E-state index in [1.165, 1.54) is 0 Å². The van der Waals surface area contributed by atoms with Crippen LogP contribution in [-0.2, 0) is 17.7 Å². The Kier molecular flexibility index (Phi) is 3.94. The van der Waals surface area contributed by atoms with E-state index < -0.39 is 0 Å². The number of rotatable bonds is 3. The second-order valence-electron chi connectivity index (χ2n) is 6.63. The molecule has 6 heteroatoms. The molecule has 0 bridgehead atoms. The van der Waals surface area contributed by atoms with Crippen molar-refractivity contribution in [3.05, 3.63) is 35.9 Å². The van der Waals surface area contributed by atoms with Gasteiger partial charge in [-0.25, -0.2) is 4.98 Å². The van der Waals surface area contributed by atoms with Gasteiger partial charge in [0.25, 0.3) is 0 Å². The van der Waals surface area contributed by atoms with Crippen LogP contribution in [0.4, 0.5) is 0 Å². The van der Waals surface area contributed by atoms with E-state index in [0.717, 1.165) is 54.3 Å². The largest absolute Gasteiger partial charge is 0.373 e. The number of hydrogen-bond donors (Lipinski definition) is 0. The molecule has 2 aromatic heterocycles. The summed E-state index contributed by atoms with van der Waals surface area (Å²) in [7, 11) is 0. The molecule has 0 saturated carbocycles. The maximum Gasteiger partial charge on any atom is 0.171 e. The van der Waals surface area contributed by atoms with Crippen molar-refractivity contribution < 1.29 is 4.74 Å². The van der Waals surface area contributed by atoms with Crippen LogP contribution in [0, 0.1) is 0 Å². The lowest BCUT2D eigenvalue weighted by atomic mass is 10.2. The average Bonchev–Trinajstić information content (AvgIpc) is 2.97. The first kappa shape index (κ1) is 15.5. The molecule has 1 aliphatic heterocycles. The van der Waals surface area contributed by atoms with Crippen molar-refractivity contribution >= 4 is 16.6 Å². The number of ether oxygens (including phenoxy) is 1. The SMILES string of the molecule is CCc1nc2ccccc2c2nnc(CN3CC(C)OC(C)C3)n12. The Balaban J connectivity index is 1.77. The molecule has 3 heterocycles. The fraction of sp³-hybridized carbons (Fsp3) is 0.500. The highest BCUT2D eigenvalue weighted by atomic mass is 16.5. The number of benzene rings is 1. The van der Waals surface area contributed by atoms with E-state index in [4.69, 9.17) is 9.72 Å². The molecule has 1 aromatic carbocycles. The zero-order valence-electron chi connectivity index (χ0n) is 14.4. The summed E-state index contributed by atoms with van der Waals surface area (Å²) in [6.07, 6.45) is 1.34. The van der Waals surface area contributed by atoms with E-state index >= 15 is 0 Å². The first-order chi connectivity index (χ1) is 11.7. The third-order valence-corrected chi connectivity index (χ3v) is 4.56. The molecule has 2 atom stereocenters. The summed E-state index contributed by atoms with van der Waals surface area (Å²) in [6, 6.07) is 8.14. The Hall–Kier alpha value is -2.05. The summed E-state index contributed by atoms with van der Waals surface area (Å²) in [5.41, 5.74) is 1.89. The van der Waals surface area contributed by atoms with Gasteiger partial charge in [0, 0.05) is 24.9 Å². The third-order valence-electron chi connectivity index (χ3n) is 4.56. The van der Waals surface area contributed by atoms with Crippen molar-refractivity contribution in [2.45, 2.75) is 45.9 Å². The number of hydrogen-bond acceptors (Lipinski definition) is 5. The molecule has 0 N–H and O–H groups in total. The quantitative estimate of drug-likeness (QED) is 0.740. The maximum atomic E-state index is 5.83. The molecule has 4 rings (SSSR count). The summed E-state index contributed by atoms with van der Waals surface area (Å²) in [5, 5.41) is 10.0. The van der Waals surface area contributed by atoms with Crippen LogP contribution in [-0.4, -0.2) is 49.8 Å². The average molecular weight is 325 g/mol. The highest BCUT2D eigenvalue weighted by molar-refractivity contribution is 5.91. The normalized spacial score (nSPS) is 22.5. The second kappa shape index (κ2) is 6.11. The number of aromatic nitrogens is 4. The van der Waals surface area contributed by atoms with Crippen LogP contribution >= 0.6 is 0 Å². The van der Waals surface area contributed by atoms with Gasteiger partial charge in [-0.05, 0) is 26.0 Å². The van der Waals surface area contributed by atoms with E-state index in [0.29, 0.717) is 0 Å². The minimum absolute atomic E-state index is 0.248. The van der Waals surface area contributed by atoms with Crippen molar-refractivity contribution in [2.75, 3.05) is 13.1 Å². The van der Waals surface area contributed by atoms with Gasteiger partial charge in [0.15, 0.2) is 11.5 Å². The van der Waals surface area contributed by atoms with Gasteiger partial charge in [-0.15, -0.1) is 10.2 Å². The minimum atomic E-state index is 0.248. The number of morpholine rings is 1. The maximum absolute atomic E-state index is 5.83. The van der Waals surface area contributed by atoms with Crippen LogP contribution in [0.5, 0.6) is 0 Å². The number of aryl methyl sites for hydroxylation is 1. The van der Waals surface area contributed by atoms with Crippen molar-refractivity contribution in [3.8, 4) is 0 Å². The Labute approximate surface area is 141 Å². The standard InChI is InChI=1S/C18H23N5O/c1-4-16-19-15-8-6-5-7-14(15)18-21-20-17(23(16)18)11-22-9-12(2)24-13(3)10-22/h5-8,12-13H,4,9-11H2,1-3H3. The molecule has 3 aromatic rings. The lowest BCUT2D eigenvalue weighted by Crippen LogP contribution is -2.45. The van der Waals surface area contributed by atoms with Gasteiger partial charge in [0.1, 0.15) is 5.82 Å². The number of nitrogens with zero attached hydrogens (tertiary/aromatic N) is 5. The molecule has 2 unspecified atom stereocenters. The van der Waals surface area contributed by atoms with Gasteiger partial charge < -0.3 is 4.74 Å². The Morgan fingerprint density at radius 2 is 1.83 bits per heavy atom. The highest BCUT2D eigenvalue weighted by Crippen LogP contribution is 2.21. The van der Waals surface area contributed by atoms with Crippen molar-refractivity contribution in [1.82, 2.24) is 24.5 Å². The van der Waals surface area contributed by atoms with Gasteiger partial charge in [0.05, 0.1) is 24.3 Å². The summed E-state index contributed by atoms with van der Waals surface area (Å²) < 4.78 is 7.96. The molecule has 126 valence electrons. The minimum Gasteiger partial charge on any atom is -0.373 e. The summed E-state index contributed by atoms with van der Waals surface area (Å²) in [4.78, 5) is 7.21. The molecule has 6 nitrogen and oxygen atoms in total. The van der Waals surface area contributed by atoms with Gasteiger partial charge in [-0.2, -0.15) is 0 Å². The smallest absolute Gasteiger partial charge is 0.171 e. The lowest BCUT2D eigenvalue weighted by Gasteiger charge is -2.34. The molecule has 1 aliphatic rings. The second-order valence-corrected chi connectivity index (χ2v) is 6.63. The van der Waals surface area contributed by atoms with Crippen LogP contribution in [0.1, 0.15) is 32.4 Å². The monoisotopic (exact) mass is 325 g/mol.